The van der Waals surface area contributed by atoms with Crippen LogP contribution < -0.4 is 0 Å². The van der Waals surface area contributed by atoms with Gasteiger partial charge in [-0.25, -0.2) is 4.68 Å². The Hall–Kier alpha value is -1.08. The number of ether oxygens (including phenoxy) is 2. The first-order valence-electron chi connectivity index (χ1n) is 7.03. The molecule has 1 aromatic rings. The minimum Gasteiger partial charge on any atom is -0.490 e. The monoisotopic (exact) mass is 298 g/mol. The minimum absolute atomic E-state index is 0.134. The number of rotatable bonds is 5. The Bertz CT molecular complexity index is 443. The van der Waals surface area contributed by atoms with Crippen molar-refractivity contribution in [2.24, 2.45) is 5.92 Å². The molecule has 1 aromatic heterocycles. The largest absolute Gasteiger partial charge is 0.490 e. The fourth-order valence-electron chi connectivity index (χ4n) is 2.71. The van der Waals surface area contributed by atoms with Gasteiger partial charge >= 0.3 is 0 Å². The molecule has 0 N–H and O–H groups in total. The van der Waals surface area contributed by atoms with Gasteiger partial charge in [-0.1, -0.05) is 6.92 Å². The minimum atomic E-state index is 0.134. The summed E-state index contributed by atoms with van der Waals surface area (Å²) in [5.74, 6) is 1.02. The van der Waals surface area contributed by atoms with Crippen molar-refractivity contribution in [3.05, 3.63) is 5.82 Å². The zero-order chi connectivity index (χ0) is 14.5. The summed E-state index contributed by atoms with van der Waals surface area (Å²) in [6.07, 6.45) is 5.33. The molecule has 0 spiro atoms. The number of tetrazole rings is 1. The second-order valence-corrected chi connectivity index (χ2v) is 5.74. The van der Waals surface area contributed by atoms with Crippen molar-refractivity contribution in [3.8, 4) is 0 Å². The Morgan fingerprint density at radius 1 is 1.35 bits per heavy atom. The molecule has 1 unspecified atom stereocenters. The van der Waals surface area contributed by atoms with Gasteiger partial charge in [0.1, 0.15) is 0 Å². The Morgan fingerprint density at radius 3 is 2.65 bits per heavy atom. The molecule has 1 atom stereocenters. The molecule has 20 heavy (non-hydrogen) atoms. The summed E-state index contributed by atoms with van der Waals surface area (Å²) in [6, 6.07) is 0.370. The van der Waals surface area contributed by atoms with Gasteiger partial charge in [-0.15, -0.1) is 5.10 Å². The Balaban J connectivity index is 2.00. The van der Waals surface area contributed by atoms with E-state index in [0.29, 0.717) is 23.6 Å². The highest BCUT2D eigenvalue weighted by molar-refractivity contribution is 7.80. The Morgan fingerprint density at radius 2 is 2.05 bits per heavy atom. The van der Waals surface area contributed by atoms with Crippen LogP contribution in [0.2, 0.25) is 0 Å². The van der Waals surface area contributed by atoms with Crippen LogP contribution in [0.15, 0.2) is 0 Å². The van der Waals surface area contributed by atoms with Gasteiger partial charge in [-0.3, -0.25) is 0 Å². The maximum atomic E-state index is 5.40. The Labute approximate surface area is 124 Å². The topological polar surface area (TPSA) is 62.1 Å². The van der Waals surface area contributed by atoms with Crippen molar-refractivity contribution in [1.82, 2.24) is 20.2 Å². The summed E-state index contributed by atoms with van der Waals surface area (Å²) in [5, 5.41) is 12.7. The van der Waals surface area contributed by atoms with Gasteiger partial charge in [0.25, 0.3) is 0 Å². The lowest BCUT2D eigenvalue weighted by Gasteiger charge is -2.28. The van der Waals surface area contributed by atoms with E-state index in [0.717, 1.165) is 31.5 Å². The fraction of sp³-hybridized carbons (Fsp3) is 0.846. The predicted molar refractivity (Wildman–Crippen MR) is 78.6 cm³/mol. The molecule has 0 bridgehead atoms. The molecule has 6 nitrogen and oxygen atoms in total. The van der Waals surface area contributed by atoms with Crippen LogP contribution in [-0.4, -0.2) is 45.6 Å². The molecule has 0 radical (unpaired) electrons. The molecule has 1 fully saturated rings. The first kappa shape index (κ1) is 15.3. The van der Waals surface area contributed by atoms with Crippen LogP contribution in [0.5, 0.6) is 0 Å². The van der Waals surface area contributed by atoms with Crippen molar-refractivity contribution < 1.29 is 9.47 Å². The van der Waals surface area contributed by atoms with E-state index < -0.39 is 0 Å². The van der Waals surface area contributed by atoms with Gasteiger partial charge in [0.2, 0.25) is 0 Å². The van der Waals surface area contributed by atoms with E-state index in [2.05, 4.69) is 15.5 Å². The van der Waals surface area contributed by atoms with E-state index in [1.54, 1.807) is 14.2 Å². The molecule has 7 heteroatoms. The van der Waals surface area contributed by atoms with E-state index in [1.807, 2.05) is 11.6 Å². The van der Waals surface area contributed by atoms with Crippen molar-refractivity contribution in [1.29, 1.82) is 0 Å². The second kappa shape index (κ2) is 7.08. The molecule has 1 saturated carbocycles. The highest BCUT2D eigenvalue weighted by atomic mass is 32.1. The van der Waals surface area contributed by atoms with Crippen LogP contribution in [0.3, 0.4) is 0 Å². The Kier molecular flexibility index (Phi) is 5.42. The molecular weight excluding hydrogens is 276 g/mol. The third-order valence-electron chi connectivity index (χ3n) is 3.98. The summed E-state index contributed by atoms with van der Waals surface area (Å²) < 4.78 is 12.5. The normalized spacial score (nSPS) is 24.4. The number of nitrogens with zero attached hydrogens (tertiary/aromatic N) is 4. The highest BCUT2D eigenvalue weighted by Crippen LogP contribution is 2.30. The highest BCUT2D eigenvalue weighted by Gasteiger charge is 2.26. The van der Waals surface area contributed by atoms with Crippen LogP contribution in [0.25, 0.3) is 0 Å². The lowest BCUT2D eigenvalue weighted by atomic mass is 9.93. The third kappa shape index (κ3) is 3.52. The average Bonchev–Trinajstić information content (AvgIpc) is 2.94. The van der Waals surface area contributed by atoms with Gasteiger partial charge in [0.05, 0.1) is 19.3 Å². The zero-order valence-corrected chi connectivity index (χ0v) is 13.1. The second-order valence-electron chi connectivity index (χ2n) is 5.33. The SMILES string of the molecule is COC(=S)C(C)Cc1nnnn1C1CCC(OC)CC1. The molecule has 1 heterocycles. The average molecular weight is 298 g/mol. The van der Waals surface area contributed by atoms with E-state index >= 15 is 0 Å². The van der Waals surface area contributed by atoms with E-state index in [-0.39, 0.29) is 5.92 Å². The molecule has 0 aromatic carbocycles. The van der Waals surface area contributed by atoms with Crippen molar-refractivity contribution >= 4 is 17.3 Å². The van der Waals surface area contributed by atoms with Crippen LogP contribution in [0, 0.1) is 5.92 Å². The third-order valence-corrected chi connectivity index (χ3v) is 4.55. The van der Waals surface area contributed by atoms with Crippen molar-refractivity contribution in [2.75, 3.05) is 14.2 Å². The van der Waals surface area contributed by atoms with E-state index in [1.165, 1.54) is 0 Å². The lowest BCUT2D eigenvalue weighted by Crippen LogP contribution is -2.25. The zero-order valence-electron chi connectivity index (χ0n) is 12.3. The molecule has 1 aliphatic rings. The number of hydrogen-bond acceptors (Lipinski definition) is 6. The van der Waals surface area contributed by atoms with Gasteiger partial charge in [0, 0.05) is 19.4 Å². The number of hydrogen-bond donors (Lipinski definition) is 0. The van der Waals surface area contributed by atoms with Crippen LogP contribution in [-0.2, 0) is 15.9 Å². The summed E-state index contributed by atoms with van der Waals surface area (Å²) in [4.78, 5) is 0. The summed E-state index contributed by atoms with van der Waals surface area (Å²) in [7, 11) is 3.38. The molecule has 0 amide bonds. The first-order chi connectivity index (χ1) is 9.65. The molecule has 2 rings (SSSR count). The molecule has 0 saturated heterocycles. The standard InChI is InChI=1S/C13H22N4O2S/c1-9(13(20)19-3)8-12-14-15-16-17(12)10-4-6-11(18-2)7-5-10/h9-11H,4-8H2,1-3H3. The molecule has 112 valence electrons. The van der Waals surface area contributed by atoms with Crippen LogP contribution in [0.4, 0.5) is 0 Å². The molecule has 0 aliphatic heterocycles. The van der Waals surface area contributed by atoms with Gasteiger partial charge in [-0.2, -0.15) is 0 Å². The number of aromatic nitrogens is 4. The van der Waals surface area contributed by atoms with Crippen molar-refractivity contribution in [2.45, 2.75) is 51.2 Å². The molecule has 1 aliphatic carbocycles. The smallest absolute Gasteiger partial charge is 0.162 e. The first-order valence-corrected chi connectivity index (χ1v) is 7.43. The summed E-state index contributed by atoms with van der Waals surface area (Å²) >= 11 is 5.17. The predicted octanol–water partition coefficient (Wildman–Crippen LogP) is 1.96. The maximum Gasteiger partial charge on any atom is 0.162 e. The number of thiocarbonyl (C=S) groups is 1. The lowest BCUT2D eigenvalue weighted by molar-refractivity contribution is 0.0560. The summed E-state index contributed by atoms with van der Waals surface area (Å²) in [6.45, 7) is 2.03. The number of methoxy groups -OCH3 is 2. The van der Waals surface area contributed by atoms with E-state index in [4.69, 9.17) is 21.7 Å². The molecular formula is C13H22N4O2S. The quantitative estimate of drug-likeness (QED) is 0.774. The summed E-state index contributed by atoms with van der Waals surface area (Å²) in [5.41, 5.74) is 0. The van der Waals surface area contributed by atoms with Crippen LogP contribution in [0.1, 0.15) is 44.5 Å². The van der Waals surface area contributed by atoms with Crippen LogP contribution >= 0.6 is 12.2 Å². The fourth-order valence-corrected chi connectivity index (χ4v) is 2.80. The maximum absolute atomic E-state index is 5.40. The van der Waals surface area contributed by atoms with Gasteiger partial charge in [-0.05, 0) is 48.3 Å². The van der Waals surface area contributed by atoms with Gasteiger partial charge in [0.15, 0.2) is 10.9 Å². The van der Waals surface area contributed by atoms with E-state index in [9.17, 15) is 0 Å². The van der Waals surface area contributed by atoms with Crippen molar-refractivity contribution in [3.63, 3.8) is 0 Å². The van der Waals surface area contributed by atoms with Gasteiger partial charge < -0.3 is 9.47 Å².